The highest BCUT2D eigenvalue weighted by atomic mass is 19.2. The molecule has 0 heterocycles. The Labute approximate surface area is 121 Å². The molecule has 0 fully saturated rings. The summed E-state index contributed by atoms with van der Waals surface area (Å²) in [4.78, 5) is 0. The van der Waals surface area contributed by atoms with Crippen LogP contribution >= 0.6 is 0 Å². The van der Waals surface area contributed by atoms with Gasteiger partial charge < -0.3 is 10.1 Å². The number of nitrogens with one attached hydrogen (secondary N) is 1. The zero-order valence-corrected chi connectivity index (χ0v) is 11.8. The van der Waals surface area contributed by atoms with Crippen molar-refractivity contribution in [2.24, 2.45) is 0 Å². The molecule has 2 aromatic carbocycles. The van der Waals surface area contributed by atoms with Crippen molar-refractivity contribution in [2.75, 3.05) is 7.11 Å². The van der Waals surface area contributed by atoms with Gasteiger partial charge in [0.2, 0.25) is 0 Å². The third kappa shape index (κ3) is 3.76. The Hall–Kier alpha value is -2.01. The van der Waals surface area contributed by atoms with Gasteiger partial charge in [-0.3, -0.25) is 0 Å². The van der Waals surface area contributed by atoms with Gasteiger partial charge in [0.1, 0.15) is 11.6 Å². The van der Waals surface area contributed by atoms with Gasteiger partial charge in [-0.2, -0.15) is 0 Å². The van der Waals surface area contributed by atoms with Gasteiger partial charge in [-0.1, -0.05) is 12.1 Å². The SMILES string of the molecule is COc1ccc(C(C)NCc2cc(F)c(F)cc2F)cc1. The molecule has 0 spiro atoms. The molecule has 2 aromatic rings. The number of halogens is 3. The average Bonchev–Trinajstić information content (AvgIpc) is 2.49. The van der Waals surface area contributed by atoms with Crippen LogP contribution in [0.5, 0.6) is 5.75 Å². The summed E-state index contributed by atoms with van der Waals surface area (Å²) >= 11 is 0. The fourth-order valence-corrected chi connectivity index (χ4v) is 1.97. The van der Waals surface area contributed by atoms with E-state index in [1.807, 2.05) is 31.2 Å². The van der Waals surface area contributed by atoms with Gasteiger partial charge in [0.05, 0.1) is 7.11 Å². The van der Waals surface area contributed by atoms with E-state index in [-0.39, 0.29) is 18.2 Å². The van der Waals surface area contributed by atoms with Crippen LogP contribution in [0.4, 0.5) is 13.2 Å². The van der Waals surface area contributed by atoms with Gasteiger partial charge in [0.15, 0.2) is 11.6 Å². The van der Waals surface area contributed by atoms with E-state index in [9.17, 15) is 13.2 Å². The Bertz CT molecular complexity index is 614. The van der Waals surface area contributed by atoms with Gasteiger partial charge in [-0.25, -0.2) is 13.2 Å². The summed E-state index contributed by atoms with van der Waals surface area (Å²) in [6.45, 7) is 2.01. The minimum atomic E-state index is -1.18. The normalized spacial score (nSPS) is 12.2. The van der Waals surface area contributed by atoms with Crippen molar-refractivity contribution in [3.63, 3.8) is 0 Å². The van der Waals surface area contributed by atoms with Crippen LogP contribution in [0, 0.1) is 17.5 Å². The first-order valence-electron chi connectivity index (χ1n) is 6.52. The Kier molecular flexibility index (Phi) is 4.85. The molecule has 5 heteroatoms. The highest BCUT2D eigenvalue weighted by Gasteiger charge is 2.11. The van der Waals surface area contributed by atoms with Crippen molar-refractivity contribution < 1.29 is 17.9 Å². The average molecular weight is 295 g/mol. The van der Waals surface area contributed by atoms with Crippen LogP contribution in [0.1, 0.15) is 24.1 Å². The molecule has 0 saturated carbocycles. The molecule has 0 radical (unpaired) electrons. The summed E-state index contributed by atoms with van der Waals surface area (Å²) in [5.74, 6) is -2.24. The molecule has 0 aliphatic rings. The zero-order valence-electron chi connectivity index (χ0n) is 11.8. The smallest absolute Gasteiger partial charge is 0.161 e. The summed E-state index contributed by atoms with van der Waals surface area (Å²) in [6, 6.07) is 8.79. The van der Waals surface area contributed by atoms with Crippen LogP contribution in [-0.2, 0) is 6.54 Å². The van der Waals surface area contributed by atoms with Crippen LogP contribution in [0.3, 0.4) is 0 Å². The molecule has 0 aromatic heterocycles. The Morgan fingerprint density at radius 1 is 1.00 bits per heavy atom. The van der Waals surface area contributed by atoms with E-state index in [0.717, 1.165) is 17.4 Å². The van der Waals surface area contributed by atoms with Gasteiger partial charge >= 0.3 is 0 Å². The molecule has 2 rings (SSSR count). The maximum atomic E-state index is 13.5. The molecule has 0 amide bonds. The van der Waals surface area contributed by atoms with Crippen molar-refractivity contribution in [2.45, 2.75) is 19.5 Å². The quantitative estimate of drug-likeness (QED) is 0.843. The summed E-state index contributed by atoms with van der Waals surface area (Å²) in [6.07, 6.45) is 0. The first-order chi connectivity index (χ1) is 10.0. The van der Waals surface area contributed by atoms with Crippen LogP contribution in [0.15, 0.2) is 36.4 Å². The van der Waals surface area contributed by atoms with Crippen molar-refractivity contribution in [1.29, 1.82) is 0 Å². The topological polar surface area (TPSA) is 21.3 Å². The van der Waals surface area contributed by atoms with Crippen LogP contribution < -0.4 is 10.1 Å². The number of hydrogen-bond acceptors (Lipinski definition) is 2. The highest BCUT2D eigenvalue weighted by molar-refractivity contribution is 5.29. The van der Waals surface area contributed by atoms with Crippen LogP contribution in [0.25, 0.3) is 0 Å². The molecular weight excluding hydrogens is 279 g/mol. The van der Waals surface area contributed by atoms with E-state index in [2.05, 4.69) is 5.32 Å². The summed E-state index contributed by atoms with van der Waals surface area (Å²) in [5.41, 5.74) is 1.08. The number of hydrogen-bond donors (Lipinski definition) is 1. The fourth-order valence-electron chi connectivity index (χ4n) is 1.97. The standard InChI is InChI=1S/C16H16F3NO/c1-10(11-3-5-13(21-2)6-4-11)20-9-12-7-15(18)16(19)8-14(12)17/h3-8,10,20H,9H2,1-2H3. The first kappa shape index (κ1) is 15.4. The Morgan fingerprint density at radius 3 is 2.24 bits per heavy atom. The molecular formula is C16H16F3NO. The van der Waals surface area contributed by atoms with E-state index in [0.29, 0.717) is 6.07 Å². The maximum Gasteiger partial charge on any atom is 0.161 e. The molecule has 1 unspecified atom stereocenters. The van der Waals surface area contributed by atoms with E-state index < -0.39 is 17.5 Å². The monoisotopic (exact) mass is 295 g/mol. The van der Waals surface area contributed by atoms with Crippen molar-refractivity contribution in [1.82, 2.24) is 5.32 Å². The van der Waals surface area contributed by atoms with Gasteiger partial charge in [0.25, 0.3) is 0 Å². The maximum absolute atomic E-state index is 13.5. The van der Waals surface area contributed by atoms with E-state index in [1.54, 1.807) is 7.11 Å². The number of ether oxygens (including phenoxy) is 1. The molecule has 0 aliphatic heterocycles. The predicted molar refractivity (Wildman–Crippen MR) is 74.6 cm³/mol. The van der Waals surface area contributed by atoms with Gasteiger partial charge in [-0.05, 0) is 30.7 Å². The van der Waals surface area contributed by atoms with Crippen LogP contribution in [0.2, 0.25) is 0 Å². The van der Waals surface area contributed by atoms with Gasteiger partial charge in [0, 0.05) is 24.2 Å². The summed E-state index contributed by atoms with van der Waals surface area (Å²) in [7, 11) is 1.59. The van der Waals surface area contributed by atoms with E-state index >= 15 is 0 Å². The number of rotatable bonds is 5. The molecule has 1 N–H and O–H groups in total. The largest absolute Gasteiger partial charge is 0.497 e. The van der Waals surface area contributed by atoms with Crippen molar-refractivity contribution >= 4 is 0 Å². The lowest BCUT2D eigenvalue weighted by molar-refractivity contribution is 0.414. The molecule has 0 bridgehead atoms. The lowest BCUT2D eigenvalue weighted by atomic mass is 10.1. The lowest BCUT2D eigenvalue weighted by Gasteiger charge is -2.15. The lowest BCUT2D eigenvalue weighted by Crippen LogP contribution is -2.19. The third-order valence-electron chi connectivity index (χ3n) is 3.30. The van der Waals surface area contributed by atoms with Crippen LogP contribution in [-0.4, -0.2) is 7.11 Å². The number of methoxy groups -OCH3 is 1. The molecule has 2 nitrogen and oxygen atoms in total. The van der Waals surface area contributed by atoms with E-state index in [4.69, 9.17) is 4.74 Å². The first-order valence-corrected chi connectivity index (χ1v) is 6.52. The summed E-state index contributed by atoms with van der Waals surface area (Å²) in [5, 5.41) is 3.07. The second kappa shape index (κ2) is 6.63. The minimum absolute atomic E-state index is 0.0663. The van der Waals surface area contributed by atoms with E-state index in [1.165, 1.54) is 0 Å². The molecule has 0 aliphatic carbocycles. The molecule has 21 heavy (non-hydrogen) atoms. The molecule has 112 valence electrons. The Balaban J connectivity index is 2.03. The van der Waals surface area contributed by atoms with Crippen molar-refractivity contribution in [3.8, 4) is 5.75 Å². The summed E-state index contributed by atoms with van der Waals surface area (Å²) < 4.78 is 44.5. The second-order valence-electron chi connectivity index (χ2n) is 4.73. The third-order valence-corrected chi connectivity index (χ3v) is 3.30. The number of benzene rings is 2. The zero-order chi connectivity index (χ0) is 15.4. The van der Waals surface area contributed by atoms with Crippen molar-refractivity contribution in [3.05, 3.63) is 65.0 Å². The molecule has 0 saturated heterocycles. The fraction of sp³-hybridized carbons (Fsp3) is 0.250. The highest BCUT2D eigenvalue weighted by Crippen LogP contribution is 2.19. The second-order valence-corrected chi connectivity index (χ2v) is 4.73. The predicted octanol–water partition coefficient (Wildman–Crippen LogP) is 3.96. The minimum Gasteiger partial charge on any atom is -0.497 e. The van der Waals surface area contributed by atoms with Gasteiger partial charge in [-0.15, -0.1) is 0 Å². The Morgan fingerprint density at radius 2 is 1.62 bits per heavy atom. The molecule has 1 atom stereocenters.